The fourth-order valence-corrected chi connectivity index (χ4v) is 3.89. The molecule has 1 N–H and O–H groups in total. The fraction of sp³-hybridized carbons (Fsp3) is 0.467. The molecular formula is C15H21FN2O2S. The summed E-state index contributed by atoms with van der Waals surface area (Å²) in [6.07, 6.45) is 2.77. The number of rotatable bonds is 5. The topological polar surface area (TPSA) is 49.4 Å². The third kappa shape index (κ3) is 3.70. The maximum atomic E-state index is 13.7. The molecule has 21 heavy (non-hydrogen) atoms. The molecule has 2 rings (SSSR count). The van der Waals surface area contributed by atoms with Crippen molar-refractivity contribution in [3.05, 3.63) is 41.2 Å². The molecule has 0 aromatic heterocycles. The zero-order valence-electron chi connectivity index (χ0n) is 12.4. The second-order valence-electron chi connectivity index (χ2n) is 5.21. The van der Waals surface area contributed by atoms with E-state index in [1.54, 1.807) is 0 Å². The molecule has 0 fully saturated rings. The van der Waals surface area contributed by atoms with Crippen LogP contribution in [0.2, 0.25) is 0 Å². The van der Waals surface area contributed by atoms with E-state index in [0.29, 0.717) is 31.7 Å². The number of hydrogen-bond acceptors (Lipinski definition) is 3. The van der Waals surface area contributed by atoms with Gasteiger partial charge in [0, 0.05) is 25.2 Å². The Morgan fingerprint density at radius 1 is 1.38 bits per heavy atom. The quantitative estimate of drug-likeness (QED) is 0.849. The fourth-order valence-electron chi connectivity index (χ4n) is 2.34. The molecule has 1 aliphatic rings. The van der Waals surface area contributed by atoms with Crippen LogP contribution in [0.15, 0.2) is 34.7 Å². The monoisotopic (exact) mass is 312 g/mol. The number of hydrogen-bond donors (Lipinski definition) is 1. The highest BCUT2D eigenvalue weighted by Gasteiger charge is 2.26. The van der Waals surface area contributed by atoms with E-state index >= 15 is 0 Å². The summed E-state index contributed by atoms with van der Waals surface area (Å²) in [4.78, 5) is 0.159. The Bertz CT molecular complexity index is 641. The average Bonchev–Trinajstić information content (AvgIpc) is 2.46. The first-order chi connectivity index (χ1) is 9.95. The Hall–Kier alpha value is -1.24. The largest absolute Gasteiger partial charge is 0.313 e. The zero-order chi connectivity index (χ0) is 15.5. The molecule has 1 aliphatic heterocycles. The standard InChI is InChI=1S/C15H21FN2O2S/c1-3-17-10-13-9-14(6-7-15(13)16)21(19,20)18-8-4-5-12(2)11-18/h5-7,9,17H,3-4,8,10-11H2,1-2H3. The molecule has 0 spiro atoms. The van der Waals surface area contributed by atoms with Crippen molar-refractivity contribution in [1.82, 2.24) is 9.62 Å². The molecule has 0 saturated heterocycles. The van der Waals surface area contributed by atoms with Crippen molar-refractivity contribution >= 4 is 10.0 Å². The van der Waals surface area contributed by atoms with Gasteiger partial charge in [-0.05, 0) is 38.1 Å². The van der Waals surface area contributed by atoms with Crippen molar-refractivity contribution in [2.24, 2.45) is 0 Å². The van der Waals surface area contributed by atoms with E-state index in [-0.39, 0.29) is 10.7 Å². The number of sulfonamides is 1. The van der Waals surface area contributed by atoms with Crippen LogP contribution in [0, 0.1) is 5.82 Å². The van der Waals surface area contributed by atoms with Crippen LogP contribution in [0.1, 0.15) is 25.8 Å². The zero-order valence-corrected chi connectivity index (χ0v) is 13.2. The molecule has 1 aromatic rings. The lowest BCUT2D eigenvalue weighted by molar-refractivity contribution is 0.427. The predicted octanol–water partition coefficient (Wildman–Crippen LogP) is 2.28. The highest BCUT2D eigenvalue weighted by atomic mass is 32.2. The van der Waals surface area contributed by atoms with E-state index in [1.807, 2.05) is 19.9 Å². The van der Waals surface area contributed by atoms with E-state index in [4.69, 9.17) is 0 Å². The highest BCUT2D eigenvalue weighted by molar-refractivity contribution is 7.89. The molecule has 0 radical (unpaired) electrons. The molecule has 0 aliphatic carbocycles. The summed E-state index contributed by atoms with van der Waals surface area (Å²) in [5, 5.41) is 3.01. The van der Waals surface area contributed by atoms with Gasteiger partial charge in [-0.15, -0.1) is 0 Å². The van der Waals surface area contributed by atoms with Gasteiger partial charge in [0.15, 0.2) is 0 Å². The van der Waals surface area contributed by atoms with Crippen LogP contribution >= 0.6 is 0 Å². The molecule has 0 unspecified atom stereocenters. The first-order valence-corrected chi connectivity index (χ1v) is 8.54. The van der Waals surface area contributed by atoms with Gasteiger partial charge in [0.2, 0.25) is 10.0 Å². The summed E-state index contributed by atoms with van der Waals surface area (Å²) in [7, 11) is -3.56. The Labute approximate surface area is 125 Å². The number of halogens is 1. The maximum absolute atomic E-state index is 13.7. The van der Waals surface area contributed by atoms with E-state index in [2.05, 4.69) is 5.32 Å². The van der Waals surface area contributed by atoms with Crippen molar-refractivity contribution in [3.63, 3.8) is 0 Å². The molecule has 116 valence electrons. The molecule has 6 heteroatoms. The summed E-state index contributed by atoms with van der Waals surface area (Å²) in [6.45, 7) is 5.74. The van der Waals surface area contributed by atoms with Crippen molar-refractivity contribution in [3.8, 4) is 0 Å². The van der Waals surface area contributed by atoms with Gasteiger partial charge in [0.05, 0.1) is 4.90 Å². The number of nitrogens with one attached hydrogen (secondary N) is 1. The van der Waals surface area contributed by atoms with E-state index in [0.717, 1.165) is 12.0 Å². The SMILES string of the molecule is CCNCc1cc(S(=O)(=O)N2CCC=C(C)C2)ccc1F. The molecule has 0 bridgehead atoms. The van der Waals surface area contributed by atoms with Crippen molar-refractivity contribution in [2.45, 2.75) is 31.7 Å². The second-order valence-corrected chi connectivity index (χ2v) is 7.15. The molecule has 4 nitrogen and oxygen atoms in total. The average molecular weight is 312 g/mol. The molecular weight excluding hydrogens is 291 g/mol. The van der Waals surface area contributed by atoms with E-state index < -0.39 is 10.0 Å². The first-order valence-electron chi connectivity index (χ1n) is 7.10. The Morgan fingerprint density at radius 3 is 2.81 bits per heavy atom. The molecule has 0 atom stereocenters. The minimum atomic E-state index is -3.56. The third-order valence-electron chi connectivity index (χ3n) is 3.52. The highest BCUT2D eigenvalue weighted by Crippen LogP contribution is 2.22. The maximum Gasteiger partial charge on any atom is 0.243 e. The lowest BCUT2D eigenvalue weighted by Gasteiger charge is -2.25. The number of benzene rings is 1. The van der Waals surface area contributed by atoms with Gasteiger partial charge in [0.25, 0.3) is 0 Å². The van der Waals surface area contributed by atoms with E-state index in [1.165, 1.54) is 22.5 Å². The summed E-state index contributed by atoms with van der Waals surface area (Å²) in [5.41, 5.74) is 1.42. The summed E-state index contributed by atoms with van der Waals surface area (Å²) >= 11 is 0. The van der Waals surface area contributed by atoms with Gasteiger partial charge in [-0.1, -0.05) is 18.6 Å². The minimum absolute atomic E-state index is 0.159. The summed E-state index contributed by atoms with van der Waals surface area (Å²) in [5.74, 6) is -0.385. The lowest BCUT2D eigenvalue weighted by atomic mass is 10.2. The summed E-state index contributed by atoms with van der Waals surface area (Å²) in [6, 6.07) is 4.00. The Balaban J connectivity index is 2.30. The van der Waals surface area contributed by atoms with Gasteiger partial charge in [0.1, 0.15) is 5.82 Å². The second kappa shape index (κ2) is 6.68. The van der Waals surface area contributed by atoms with Gasteiger partial charge in [-0.2, -0.15) is 4.31 Å². The van der Waals surface area contributed by atoms with Gasteiger partial charge < -0.3 is 5.32 Å². The van der Waals surface area contributed by atoms with Crippen LogP contribution in [-0.2, 0) is 16.6 Å². The predicted molar refractivity (Wildman–Crippen MR) is 80.9 cm³/mol. The molecule has 1 aromatic carbocycles. The number of nitrogens with zero attached hydrogens (tertiary/aromatic N) is 1. The molecule has 0 amide bonds. The van der Waals surface area contributed by atoms with Crippen molar-refractivity contribution in [2.75, 3.05) is 19.6 Å². The van der Waals surface area contributed by atoms with Crippen LogP contribution in [-0.4, -0.2) is 32.4 Å². The lowest BCUT2D eigenvalue weighted by Crippen LogP contribution is -2.35. The van der Waals surface area contributed by atoms with Crippen LogP contribution in [0.3, 0.4) is 0 Å². The van der Waals surface area contributed by atoms with E-state index in [9.17, 15) is 12.8 Å². The minimum Gasteiger partial charge on any atom is -0.313 e. The smallest absolute Gasteiger partial charge is 0.243 e. The van der Waals surface area contributed by atoms with Crippen LogP contribution in [0.25, 0.3) is 0 Å². The van der Waals surface area contributed by atoms with Crippen molar-refractivity contribution in [1.29, 1.82) is 0 Å². The third-order valence-corrected chi connectivity index (χ3v) is 5.36. The molecule has 0 saturated carbocycles. The van der Waals surface area contributed by atoms with Crippen LogP contribution < -0.4 is 5.32 Å². The van der Waals surface area contributed by atoms with Gasteiger partial charge >= 0.3 is 0 Å². The Morgan fingerprint density at radius 2 is 2.14 bits per heavy atom. The van der Waals surface area contributed by atoms with Gasteiger partial charge in [-0.25, -0.2) is 12.8 Å². The molecule has 1 heterocycles. The first kappa shape index (κ1) is 16.1. The normalized spacial score (nSPS) is 16.8. The van der Waals surface area contributed by atoms with Crippen molar-refractivity contribution < 1.29 is 12.8 Å². The van der Waals surface area contributed by atoms with Gasteiger partial charge in [-0.3, -0.25) is 0 Å². The summed E-state index contributed by atoms with van der Waals surface area (Å²) < 4.78 is 40.4. The Kier molecular flexibility index (Phi) is 5.13. The van der Waals surface area contributed by atoms with Crippen LogP contribution in [0.5, 0.6) is 0 Å². The van der Waals surface area contributed by atoms with Crippen LogP contribution in [0.4, 0.5) is 4.39 Å².